The standard InChI is InChI=1S/C22H24N2O4S2/c1-13(29-22-23-15-10-7-8-11-16(15)28-22)19(25)24-20-18(21(26)27-2)14-9-5-3-4-6-12-17(14)30-20/h7-8,10-11,13H,3-6,9,12H2,1-2H3,(H,24,25). The highest BCUT2D eigenvalue weighted by molar-refractivity contribution is 8.00. The lowest BCUT2D eigenvalue weighted by atomic mass is 9.96. The van der Waals surface area contributed by atoms with E-state index in [1.54, 1.807) is 6.92 Å². The number of fused-ring (bicyclic) bond motifs is 2. The molecule has 1 unspecified atom stereocenters. The zero-order chi connectivity index (χ0) is 21.1. The monoisotopic (exact) mass is 444 g/mol. The van der Waals surface area contributed by atoms with E-state index in [1.807, 2.05) is 24.3 Å². The van der Waals surface area contributed by atoms with Gasteiger partial charge in [-0.15, -0.1) is 11.3 Å². The maximum atomic E-state index is 12.9. The number of esters is 1. The van der Waals surface area contributed by atoms with E-state index in [2.05, 4.69) is 10.3 Å². The number of nitrogens with zero attached hydrogens (tertiary/aromatic N) is 1. The lowest BCUT2D eigenvalue weighted by Gasteiger charge is -2.12. The largest absolute Gasteiger partial charge is 0.465 e. The van der Waals surface area contributed by atoms with Crippen LogP contribution in [0.4, 0.5) is 5.00 Å². The summed E-state index contributed by atoms with van der Waals surface area (Å²) in [5.41, 5.74) is 3.02. The molecule has 30 heavy (non-hydrogen) atoms. The van der Waals surface area contributed by atoms with Gasteiger partial charge >= 0.3 is 5.97 Å². The van der Waals surface area contributed by atoms with Crippen LogP contribution in [0.3, 0.4) is 0 Å². The minimum Gasteiger partial charge on any atom is -0.465 e. The summed E-state index contributed by atoms with van der Waals surface area (Å²) in [6, 6.07) is 7.50. The Morgan fingerprint density at radius 1 is 1.20 bits per heavy atom. The fraction of sp³-hybridized carbons (Fsp3) is 0.409. The third-order valence-electron chi connectivity index (χ3n) is 5.22. The van der Waals surface area contributed by atoms with Crippen LogP contribution in [-0.2, 0) is 22.4 Å². The number of carbonyl (C=O) groups is 2. The predicted octanol–water partition coefficient (Wildman–Crippen LogP) is 5.45. The van der Waals surface area contributed by atoms with E-state index in [4.69, 9.17) is 9.15 Å². The van der Waals surface area contributed by atoms with Crippen molar-refractivity contribution in [3.8, 4) is 0 Å². The summed E-state index contributed by atoms with van der Waals surface area (Å²) in [5.74, 6) is -0.579. The number of aromatic nitrogens is 1. The van der Waals surface area contributed by atoms with Gasteiger partial charge in [-0.25, -0.2) is 9.78 Å². The van der Waals surface area contributed by atoms with Crippen LogP contribution < -0.4 is 5.32 Å². The SMILES string of the molecule is COC(=O)c1c(NC(=O)C(C)Sc2nc3ccccc3o2)sc2c1CCCCCC2. The number of ether oxygens (including phenoxy) is 1. The quantitative estimate of drug-likeness (QED) is 0.416. The molecule has 1 aliphatic rings. The minimum atomic E-state index is -0.437. The molecule has 0 saturated heterocycles. The molecule has 0 saturated carbocycles. The number of oxazole rings is 1. The summed E-state index contributed by atoms with van der Waals surface area (Å²) in [6.45, 7) is 1.80. The number of rotatable bonds is 5. The van der Waals surface area contributed by atoms with Crippen LogP contribution in [0.5, 0.6) is 0 Å². The summed E-state index contributed by atoms with van der Waals surface area (Å²) >= 11 is 2.76. The second kappa shape index (κ2) is 9.22. The highest BCUT2D eigenvalue weighted by Gasteiger charge is 2.27. The van der Waals surface area contributed by atoms with Crippen molar-refractivity contribution in [3.05, 3.63) is 40.3 Å². The maximum Gasteiger partial charge on any atom is 0.341 e. The Labute approximate surface area is 183 Å². The molecule has 0 spiro atoms. The van der Waals surface area contributed by atoms with Gasteiger partial charge in [-0.05, 0) is 50.3 Å². The predicted molar refractivity (Wildman–Crippen MR) is 119 cm³/mol. The number of nitrogens with one attached hydrogen (secondary N) is 1. The number of thiophene rings is 1. The maximum absolute atomic E-state index is 12.9. The fourth-order valence-electron chi connectivity index (χ4n) is 3.65. The van der Waals surface area contributed by atoms with Gasteiger partial charge in [0, 0.05) is 4.88 Å². The molecule has 0 bridgehead atoms. The highest BCUT2D eigenvalue weighted by atomic mass is 32.2. The van der Waals surface area contributed by atoms with Crippen molar-refractivity contribution in [3.63, 3.8) is 0 Å². The molecule has 0 radical (unpaired) electrons. The first-order chi connectivity index (χ1) is 14.6. The Hall–Kier alpha value is -2.32. The molecule has 1 aliphatic carbocycles. The molecule has 2 aromatic heterocycles. The summed E-state index contributed by atoms with van der Waals surface area (Å²) in [5, 5.41) is 3.57. The van der Waals surface area contributed by atoms with Gasteiger partial charge in [0.05, 0.1) is 17.9 Å². The molecule has 1 N–H and O–H groups in total. The van der Waals surface area contributed by atoms with E-state index in [9.17, 15) is 9.59 Å². The lowest BCUT2D eigenvalue weighted by molar-refractivity contribution is -0.115. The molecule has 0 aliphatic heterocycles. The second-order valence-electron chi connectivity index (χ2n) is 7.31. The smallest absolute Gasteiger partial charge is 0.341 e. The van der Waals surface area contributed by atoms with Gasteiger partial charge in [-0.2, -0.15) is 0 Å². The van der Waals surface area contributed by atoms with Crippen LogP contribution in [0, 0.1) is 0 Å². The number of aryl methyl sites for hydroxylation is 1. The topological polar surface area (TPSA) is 81.4 Å². The Morgan fingerprint density at radius 2 is 1.97 bits per heavy atom. The third kappa shape index (κ3) is 4.39. The van der Waals surface area contributed by atoms with Gasteiger partial charge in [0.25, 0.3) is 5.22 Å². The van der Waals surface area contributed by atoms with Crippen molar-refractivity contribution in [1.29, 1.82) is 0 Å². The Balaban J connectivity index is 1.54. The first-order valence-corrected chi connectivity index (χ1v) is 11.8. The Morgan fingerprint density at radius 3 is 2.73 bits per heavy atom. The number of thioether (sulfide) groups is 1. The molecule has 1 atom stereocenters. The second-order valence-corrected chi connectivity index (χ2v) is 9.71. The van der Waals surface area contributed by atoms with Crippen LogP contribution in [0.15, 0.2) is 33.9 Å². The van der Waals surface area contributed by atoms with Crippen molar-refractivity contribution in [1.82, 2.24) is 4.98 Å². The number of para-hydroxylation sites is 2. The number of hydrogen-bond donors (Lipinski definition) is 1. The lowest BCUT2D eigenvalue weighted by Crippen LogP contribution is -2.23. The van der Waals surface area contributed by atoms with Crippen LogP contribution >= 0.6 is 23.1 Å². The average Bonchev–Trinajstić information content (AvgIpc) is 3.27. The van der Waals surface area contributed by atoms with Crippen molar-refractivity contribution >= 4 is 51.1 Å². The highest BCUT2D eigenvalue weighted by Crippen LogP contribution is 2.38. The van der Waals surface area contributed by atoms with Crippen LogP contribution in [-0.4, -0.2) is 29.2 Å². The summed E-state index contributed by atoms with van der Waals surface area (Å²) < 4.78 is 10.7. The third-order valence-corrected chi connectivity index (χ3v) is 7.37. The molecule has 0 fully saturated rings. The minimum absolute atomic E-state index is 0.193. The van der Waals surface area contributed by atoms with Gasteiger partial charge in [-0.1, -0.05) is 36.7 Å². The van der Waals surface area contributed by atoms with Crippen molar-refractivity contribution in [2.24, 2.45) is 0 Å². The van der Waals surface area contributed by atoms with E-state index in [0.717, 1.165) is 43.2 Å². The van der Waals surface area contributed by atoms with Gasteiger partial charge in [0.15, 0.2) is 5.58 Å². The number of hydrogen-bond acceptors (Lipinski definition) is 7. The Bertz CT molecular complexity index is 1040. The zero-order valence-electron chi connectivity index (χ0n) is 17.0. The van der Waals surface area contributed by atoms with E-state index in [-0.39, 0.29) is 11.9 Å². The molecule has 158 valence electrons. The van der Waals surface area contributed by atoms with Crippen molar-refractivity contribution in [2.75, 3.05) is 12.4 Å². The van der Waals surface area contributed by atoms with Gasteiger partial charge in [0.2, 0.25) is 5.91 Å². The van der Waals surface area contributed by atoms with Gasteiger partial charge < -0.3 is 14.5 Å². The first kappa shape index (κ1) is 20.9. The number of benzene rings is 1. The first-order valence-electron chi connectivity index (χ1n) is 10.1. The van der Waals surface area contributed by atoms with E-state index in [0.29, 0.717) is 21.4 Å². The van der Waals surface area contributed by atoms with E-state index < -0.39 is 5.25 Å². The van der Waals surface area contributed by atoms with Gasteiger partial charge in [-0.3, -0.25) is 4.79 Å². The van der Waals surface area contributed by atoms with Crippen LogP contribution in [0.25, 0.3) is 11.1 Å². The molecule has 3 aromatic rings. The number of methoxy groups -OCH3 is 1. The van der Waals surface area contributed by atoms with Crippen molar-refractivity contribution in [2.45, 2.75) is 55.9 Å². The molecular formula is C22H24N2O4S2. The molecule has 1 aromatic carbocycles. The van der Waals surface area contributed by atoms with Crippen molar-refractivity contribution < 1.29 is 18.7 Å². The average molecular weight is 445 g/mol. The van der Waals surface area contributed by atoms with Gasteiger partial charge in [0.1, 0.15) is 10.5 Å². The van der Waals surface area contributed by atoms with E-state index >= 15 is 0 Å². The number of amides is 1. The Kier molecular flexibility index (Phi) is 6.43. The normalized spacial score (nSPS) is 15.1. The molecule has 2 heterocycles. The zero-order valence-corrected chi connectivity index (χ0v) is 18.7. The summed E-state index contributed by atoms with van der Waals surface area (Å²) in [6.07, 6.45) is 6.30. The number of anilines is 1. The van der Waals surface area contributed by atoms with E-state index in [1.165, 1.54) is 41.5 Å². The molecule has 6 nitrogen and oxygen atoms in total. The molecule has 4 rings (SSSR count). The fourth-order valence-corrected chi connectivity index (χ4v) is 5.68. The summed E-state index contributed by atoms with van der Waals surface area (Å²) in [4.78, 5) is 31.0. The number of carbonyl (C=O) groups excluding carboxylic acids is 2. The summed E-state index contributed by atoms with van der Waals surface area (Å²) in [7, 11) is 1.38. The molecule has 1 amide bonds. The van der Waals surface area contributed by atoms with Crippen LogP contribution in [0.1, 0.15) is 53.4 Å². The molecule has 8 heteroatoms. The molecular weight excluding hydrogens is 420 g/mol. The van der Waals surface area contributed by atoms with Crippen LogP contribution in [0.2, 0.25) is 0 Å².